The molecule has 0 saturated carbocycles. The van der Waals surface area contributed by atoms with Gasteiger partial charge >= 0.3 is 6.03 Å². The van der Waals surface area contributed by atoms with Crippen molar-refractivity contribution in [2.45, 2.75) is 13.0 Å². The number of amides is 2. The zero-order valence-electron chi connectivity index (χ0n) is 11.9. The van der Waals surface area contributed by atoms with Crippen molar-refractivity contribution in [2.24, 2.45) is 0 Å². The minimum absolute atomic E-state index is 0.0494. The first-order valence-electron chi connectivity index (χ1n) is 6.71. The van der Waals surface area contributed by atoms with Crippen LogP contribution in [0.3, 0.4) is 0 Å². The van der Waals surface area contributed by atoms with Crippen molar-refractivity contribution in [1.82, 2.24) is 5.32 Å². The van der Waals surface area contributed by atoms with Crippen LogP contribution in [0.1, 0.15) is 17.2 Å². The number of nitrogens with one attached hydrogen (secondary N) is 2. The van der Waals surface area contributed by atoms with Crippen LogP contribution in [-0.4, -0.2) is 17.7 Å². The molecule has 0 spiro atoms. The molecule has 0 saturated heterocycles. The molecule has 0 aromatic heterocycles. The molecule has 0 aliphatic carbocycles. The largest absolute Gasteiger partial charge is 0.387 e. The number of aliphatic hydroxyl groups excluding tert-OH is 1. The Labute approximate surface area is 126 Å². The average molecular weight is 306 g/mol. The van der Waals surface area contributed by atoms with E-state index in [2.05, 4.69) is 10.6 Å². The Kier molecular flexibility index (Phi) is 5.06. The standard InChI is InChI=1S/C16H16F2N2O2/c1-10-4-2-5-11(8-10)14(21)9-19-16(22)20-13-7-3-6-12(17)15(13)18/h2-8,14,21H,9H2,1H3,(H2,19,20,22). The monoisotopic (exact) mass is 306 g/mol. The van der Waals surface area contributed by atoms with E-state index in [1.54, 1.807) is 18.2 Å². The fourth-order valence-electron chi connectivity index (χ4n) is 1.95. The molecule has 1 atom stereocenters. The molecule has 3 N–H and O–H groups in total. The van der Waals surface area contributed by atoms with E-state index in [1.165, 1.54) is 12.1 Å². The topological polar surface area (TPSA) is 61.4 Å². The van der Waals surface area contributed by atoms with Gasteiger partial charge in [-0.25, -0.2) is 13.6 Å². The van der Waals surface area contributed by atoms with Gasteiger partial charge in [0.2, 0.25) is 0 Å². The summed E-state index contributed by atoms with van der Waals surface area (Å²) in [6, 6.07) is 10.0. The summed E-state index contributed by atoms with van der Waals surface area (Å²) in [7, 11) is 0. The van der Waals surface area contributed by atoms with Gasteiger partial charge in [-0.1, -0.05) is 35.9 Å². The summed E-state index contributed by atoms with van der Waals surface area (Å²) >= 11 is 0. The minimum atomic E-state index is -1.13. The van der Waals surface area contributed by atoms with Crippen LogP contribution in [0.4, 0.5) is 19.3 Å². The van der Waals surface area contributed by atoms with E-state index in [4.69, 9.17) is 0 Å². The second-order valence-electron chi connectivity index (χ2n) is 4.87. The third-order valence-electron chi connectivity index (χ3n) is 3.08. The number of anilines is 1. The Hall–Kier alpha value is -2.47. The van der Waals surface area contributed by atoms with E-state index >= 15 is 0 Å². The fourth-order valence-corrected chi connectivity index (χ4v) is 1.95. The van der Waals surface area contributed by atoms with Gasteiger partial charge in [-0.3, -0.25) is 0 Å². The number of carbonyl (C=O) groups is 1. The third-order valence-corrected chi connectivity index (χ3v) is 3.08. The van der Waals surface area contributed by atoms with E-state index in [-0.39, 0.29) is 12.2 Å². The van der Waals surface area contributed by atoms with Crippen LogP contribution in [0, 0.1) is 18.6 Å². The highest BCUT2D eigenvalue weighted by atomic mass is 19.2. The molecular formula is C16H16F2N2O2. The molecule has 2 rings (SSSR count). The number of hydrogen-bond acceptors (Lipinski definition) is 2. The number of benzene rings is 2. The molecule has 4 nitrogen and oxygen atoms in total. The molecule has 6 heteroatoms. The third kappa shape index (κ3) is 4.02. The maximum atomic E-state index is 13.4. The fraction of sp³-hybridized carbons (Fsp3) is 0.188. The lowest BCUT2D eigenvalue weighted by Crippen LogP contribution is -2.32. The smallest absolute Gasteiger partial charge is 0.319 e. The van der Waals surface area contributed by atoms with Gasteiger partial charge in [0.05, 0.1) is 11.8 Å². The number of halogens is 2. The van der Waals surface area contributed by atoms with Gasteiger partial charge in [0.25, 0.3) is 0 Å². The van der Waals surface area contributed by atoms with Gasteiger partial charge in [0, 0.05) is 6.54 Å². The summed E-state index contributed by atoms with van der Waals surface area (Å²) in [5, 5.41) is 14.6. The Morgan fingerprint density at radius 1 is 1.23 bits per heavy atom. The lowest BCUT2D eigenvalue weighted by atomic mass is 10.1. The molecule has 0 aliphatic heterocycles. The molecule has 0 fully saturated rings. The number of aliphatic hydroxyl groups is 1. The SMILES string of the molecule is Cc1cccc(C(O)CNC(=O)Nc2cccc(F)c2F)c1. The van der Waals surface area contributed by atoms with E-state index in [9.17, 15) is 18.7 Å². The van der Waals surface area contributed by atoms with Crippen LogP contribution in [0.25, 0.3) is 0 Å². The predicted molar refractivity (Wildman–Crippen MR) is 79.5 cm³/mol. The highest BCUT2D eigenvalue weighted by molar-refractivity contribution is 5.89. The van der Waals surface area contributed by atoms with Crippen molar-refractivity contribution in [3.05, 3.63) is 65.2 Å². The number of hydrogen-bond donors (Lipinski definition) is 3. The van der Waals surface area contributed by atoms with Crippen molar-refractivity contribution >= 4 is 11.7 Å². The lowest BCUT2D eigenvalue weighted by Gasteiger charge is -2.13. The molecular weight excluding hydrogens is 290 g/mol. The maximum Gasteiger partial charge on any atom is 0.319 e. The lowest BCUT2D eigenvalue weighted by molar-refractivity contribution is 0.175. The first-order valence-corrected chi connectivity index (χ1v) is 6.71. The number of aryl methyl sites for hydroxylation is 1. The molecule has 116 valence electrons. The van der Waals surface area contributed by atoms with Gasteiger partial charge in [-0.15, -0.1) is 0 Å². The van der Waals surface area contributed by atoms with Crippen LogP contribution in [0.2, 0.25) is 0 Å². The molecule has 0 aliphatic rings. The van der Waals surface area contributed by atoms with Crippen LogP contribution < -0.4 is 10.6 Å². The van der Waals surface area contributed by atoms with Crippen LogP contribution in [0.15, 0.2) is 42.5 Å². The van der Waals surface area contributed by atoms with Gasteiger partial charge in [0.1, 0.15) is 0 Å². The summed E-state index contributed by atoms with van der Waals surface area (Å²) < 4.78 is 26.4. The maximum absolute atomic E-state index is 13.4. The molecule has 0 radical (unpaired) electrons. The summed E-state index contributed by atoms with van der Waals surface area (Å²) in [5.74, 6) is -2.17. The zero-order valence-corrected chi connectivity index (χ0v) is 11.9. The van der Waals surface area contributed by atoms with E-state index in [0.29, 0.717) is 5.56 Å². The van der Waals surface area contributed by atoms with Crippen molar-refractivity contribution in [3.63, 3.8) is 0 Å². The summed E-state index contributed by atoms with van der Waals surface area (Å²) in [4.78, 5) is 11.7. The van der Waals surface area contributed by atoms with Crippen molar-refractivity contribution in [1.29, 1.82) is 0 Å². The molecule has 22 heavy (non-hydrogen) atoms. The van der Waals surface area contributed by atoms with Crippen molar-refractivity contribution in [3.8, 4) is 0 Å². The number of rotatable bonds is 4. The zero-order chi connectivity index (χ0) is 16.1. The van der Waals surface area contributed by atoms with E-state index in [0.717, 1.165) is 11.6 Å². The Morgan fingerprint density at radius 3 is 2.68 bits per heavy atom. The summed E-state index contributed by atoms with van der Waals surface area (Å²) in [6.45, 7) is 1.84. The van der Waals surface area contributed by atoms with Gasteiger partial charge in [-0.05, 0) is 24.6 Å². The first kappa shape index (κ1) is 15.9. The Balaban J connectivity index is 1.91. The highest BCUT2D eigenvalue weighted by Gasteiger charge is 2.12. The van der Waals surface area contributed by atoms with Crippen LogP contribution >= 0.6 is 0 Å². The summed E-state index contributed by atoms with van der Waals surface area (Å²) in [6.07, 6.45) is -0.886. The van der Waals surface area contributed by atoms with Gasteiger partial charge in [0.15, 0.2) is 11.6 Å². The minimum Gasteiger partial charge on any atom is -0.387 e. The second kappa shape index (κ2) is 7.00. The van der Waals surface area contributed by atoms with Gasteiger partial charge < -0.3 is 15.7 Å². The second-order valence-corrected chi connectivity index (χ2v) is 4.87. The van der Waals surface area contributed by atoms with Crippen LogP contribution in [0.5, 0.6) is 0 Å². The van der Waals surface area contributed by atoms with Crippen LogP contribution in [-0.2, 0) is 0 Å². The van der Waals surface area contributed by atoms with Gasteiger partial charge in [-0.2, -0.15) is 0 Å². The molecule has 0 bridgehead atoms. The Bertz CT molecular complexity index is 677. The molecule has 2 amide bonds. The quantitative estimate of drug-likeness (QED) is 0.812. The molecule has 2 aromatic carbocycles. The average Bonchev–Trinajstić information content (AvgIpc) is 2.49. The Morgan fingerprint density at radius 2 is 1.95 bits per heavy atom. The van der Waals surface area contributed by atoms with E-state index in [1.807, 2.05) is 13.0 Å². The summed E-state index contributed by atoms with van der Waals surface area (Å²) in [5.41, 5.74) is 1.39. The molecule has 2 aromatic rings. The predicted octanol–water partition coefficient (Wildman–Crippen LogP) is 3.13. The number of urea groups is 1. The van der Waals surface area contributed by atoms with Crippen molar-refractivity contribution < 1.29 is 18.7 Å². The van der Waals surface area contributed by atoms with E-state index < -0.39 is 23.8 Å². The first-order chi connectivity index (χ1) is 10.5. The van der Waals surface area contributed by atoms with Crippen molar-refractivity contribution in [2.75, 3.05) is 11.9 Å². The normalized spacial score (nSPS) is 11.8. The molecule has 1 unspecified atom stereocenters. The number of carbonyl (C=O) groups excluding carboxylic acids is 1. The highest BCUT2D eigenvalue weighted by Crippen LogP contribution is 2.17. The molecule has 0 heterocycles.